The van der Waals surface area contributed by atoms with Crippen LogP contribution in [-0.4, -0.2) is 25.8 Å². The van der Waals surface area contributed by atoms with Gasteiger partial charge >= 0.3 is 6.18 Å². The topological polar surface area (TPSA) is 21.3 Å². The fraction of sp³-hybridized carbons (Fsp3) is 0.625. The minimum Gasteiger partial charge on any atom is -0.382 e. The molecular formula is C16H24F3NO. The Balaban J connectivity index is 2.70. The first-order valence-electron chi connectivity index (χ1n) is 7.29. The van der Waals surface area contributed by atoms with Crippen molar-refractivity contribution in [1.82, 2.24) is 5.32 Å². The molecule has 2 atom stereocenters. The third-order valence-corrected chi connectivity index (χ3v) is 3.55. The second-order valence-electron chi connectivity index (χ2n) is 5.28. The van der Waals surface area contributed by atoms with Gasteiger partial charge < -0.3 is 10.1 Å². The minimum atomic E-state index is -4.28. The molecule has 0 fully saturated rings. The number of likely N-dealkylation sites (N-methyl/N-ethyl adjacent to an activating group) is 1. The van der Waals surface area contributed by atoms with Crippen LogP contribution in [0.1, 0.15) is 37.8 Å². The largest absolute Gasteiger partial charge is 0.416 e. The van der Waals surface area contributed by atoms with Crippen molar-refractivity contribution in [1.29, 1.82) is 0 Å². The molecular weight excluding hydrogens is 279 g/mol. The molecule has 5 heteroatoms. The highest BCUT2D eigenvalue weighted by atomic mass is 19.4. The lowest BCUT2D eigenvalue weighted by atomic mass is 9.99. The highest BCUT2D eigenvalue weighted by Crippen LogP contribution is 2.29. The van der Waals surface area contributed by atoms with Gasteiger partial charge in [0.05, 0.1) is 11.7 Å². The van der Waals surface area contributed by atoms with Gasteiger partial charge in [-0.2, -0.15) is 13.2 Å². The molecule has 120 valence electrons. The van der Waals surface area contributed by atoms with Crippen LogP contribution in [0.5, 0.6) is 0 Å². The van der Waals surface area contributed by atoms with Crippen LogP contribution in [0.25, 0.3) is 0 Å². The normalized spacial score (nSPS) is 15.0. The van der Waals surface area contributed by atoms with Gasteiger partial charge in [-0.05, 0) is 44.4 Å². The summed E-state index contributed by atoms with van der Waals surface area (Å²) in [6, 6.07) is 5.73. The Bertz CT molecular complexity index is 420. The number of alkyl halides is 3. The zero-order valence-electron chi connectivity index (χ0n) is 12.8. The Kier molecular flexibility index (Phi) is 7.18. The van der Waals surface area contributed by atoms with Gasteiger partial charge in [-0.15, -0.1) is 0 Å². The molecule has 2 unspecified atom stereocenters. The van der Waals surface area contributed by atoms with Gasteiger partial charge in [-0.25, -0.2) is 0 Å². The monoisotopic (exact) mass is 303 g/mol. The van der Waals surface area contributed by atoms with E-state index in [1.54, 1.807) is 13.2 Å². The van der Waals surface area contributed by atoms with Gasteiger partial charge in [0.1, 0.15) is 0 Å². The quantitative estimate of drug-likeness (QED) is 0.782. The molecule has 1 aromatic carbocycles. The first kappa shape index (κ1) is 18.0. The molecule has 2 nitrogen and oxygen atoms in total. The third kappa shape index (κ3) is 6.48. The maximum atomic E-state index is 12.7. The number of rotatable bonds is 8. The summed E-state index contributed by atoms with van der Waals surface area (Å²) >= 11 is 0. The van der Waals surface area contributed by atoms with Crippen molar-refractivity contribution >= 4 is 0 Å². The predicted octanol–water partition coefficient (Wildman–Crippen LogP) is 4.04. The summed E-state index contributed by atoms with van der Waals surface area (Å²) in [6.45, 7) is 4.79. The lowest BCUT2D eigenvalue weighted by Crippen LogP contribution is -2.32. The van der Waals surface area contributed by atoms with E-state index in [-0.39, 0.29) is 12.1 Å². The average Bonchev–Trinajstić information content (AvgIpc) is 2.44. The van der Waals surface area contributed by atoms with E-state index in [1.165, 1.54) is 12.1 Å². The number of hydrogen-bond donors (Lipinski definition) is 1. The van der Waals surface area contributed by atoms with Gasteiger partial charge in [0.25, 0.3) is 0 Å². The van der Waals surface area contributed by atoms with E-state index in [4.69, 9.17) is 4.74 Å². The van der Waals surface area contributed by atoms with E-state index in [0.717, 1.165) is 25.5 Å². The van der Waals surface area contributed by atoms with E-state index < -0.39 is 11.7 Å². The molecule has 0 saturated carbocycles. The smallest absolute Gasteiger partial charge is 0.382 e. The highest BCUT2D eigenvalue weighted by molar-refractivity contribution is 5.26. The summed E-state index contributed by atoms with van der Waals surface area (Å²) in [6.07, 6.45) is -1.78. The Morgan fingerprint density at radius 3 is 2.52 bits per heavy atom. The van der Waals surface area contributed by atoms with E-state index in [2.05, 4.69) is 5.32 Å². The van der Waals surface area contributed by atoms with Crippen molar-refractivity contribution in [2.75, 3.05) is 13.7 Å². The van der Waals surface area contributed by atoms with Crippen molar-refractivity contribution in [3.05, 3.63) is 35.4 Å². The van der Waals surface area contributed by atoms with Crippen molar-refractivity contribution in [2.24, 2.45) is 0 Å². The van der Waals surface area contributed by atoms with Crippen LogP contribution in [-0.2, 0) is 17.3 Å². The Labute approximate surface area is 124 Å². The standard InChI is InChI=1S/C16H24F3NO/c1-4-20-15(9-8-12(2)21-3)11-13-6-5-7-14(10-13)16(17,18)19/h5-7,10,12,15,20H,4,8-9,11H2,1-3H3. The lowest BCUT2D eigenvalue weighted by molar-refractivity contribution is -0.137. The molecule has 0 aliphatic carbocycles. The minimum absolute atomic E-state index is 0.160. The molecule has 21 heavy (non-hydrogen) atoms. The molecule has 1 N–H and O–H groups in total. The van der Waals surface area contributed by atoms with Gasteiger partial charge in [0.2, 0.25) is 0 Å². The van der Waals surface area contributed by atoms with Gasteiger partial charge in [0.15, 0.2) is 0 Å². The molecule has 0 spiro atoms. The summed E-state index contributed by atoms with van der Waals surface area (Å²) in [5.41, 5.74) is 0.126. The zero-order valence-corrected chi connectivity index (χ0v) is 12.8. The molecule has 0 heterocycles. The van der Waals surface area contributed by atoms with Crippen LogP contribution in [0.3, 0.4) is 0 Å². The third-order valence-electron chi connectivity index (χ3n) is 3.55. The second-order valence-corrected chi connectivity index (χ2v) is 5.28. The maximum absolute atomic E-state index is 12.7. The average molecular weight is 303 g/mol. The predicted molar refractivity (Wildman–Crippen MR) is 78.3 cm³/mol. The molecule has 0 amide bonds. The number of nitrogens with one attached hydrogen (secondary N) is 1. The van der Waals surface area contributed by atoms with Crippen molar-refractivity contribution in [3.8, 4) is 0 Å². The van der Waals surface area contributed by atoms with Crippen LogP contribution in [0, 0.1) is 0 Å². The second kappa shape index (κ2) is 8.39. The number of methoxy groups -OCH3 is 1. The molecule has 0 aromatic heterocycles. The first-order chi connectivity index (χ1) is 9.86. The number of ether oxygens (including phenoxy) is 1. The van der Waals surface area contributed by atoms with Gasteiger partial charge in [-0.1, -0.05) is 25.1 Å². The zero-order chi connectivity index (χ0) is 15.9. The Morgan fingerprint density at radius 1 is 1.24 bits per heavy atom. The van der Waals surface area contributed by atoms with Crippen LogP contribution in [0.15, 0.2) is 24.3 Å². The molecule has 1 rings (SSSR count). The SMILES string of the molecule is CCNC(CCC(C)OC)Cc1cccc(C(F)(F)F)c1. The molecule has 0 aliphatic heterocycles. The van der Waals surface area contributed by atoms with E-state index in [0.29, 0.717) is 12.0 Å². The molecule has 0 bridgehead atoms. The lowest BCUT2D eigenvalue weighted by Gasteiger charge is -2.20. The summed E-state index contributed by atoms with van der Waals surface area (Å²) in [5, 5.41) is 3.33. The Morgan fingerprint density at radius 2 is 1.95 bits per heavy atom. The van der Waals surface area contributed by atoms with Crippen molar-refractivity contribution in [3.63, 3.8) is 0 Å². The Hall–Kier alpha value is -1.07. The van der Waals surface area contributed by atoms with Crippen LogP contribution < -0.4 is 5.32 Å². The van der Waals surface area contributed by atoms with E-state index in [1.807, 2.05) is 13.8 Å². The molecule has 1 aromatic rings. The maximum Gasteiger partial charge on any atom is 0.416 e. The molecule has 0 radical (unpaired) electrons. The number of benzene rings is 1. The van der Waals surface area contributed by atoms with Gasteiger partial charge in [-0.3, -0.25) is 0 Å². The molecule has 0 saturated heterocycles. The number of hydrogen-bond acceptors (Lipinski definition) is 2. The van der Waals surface area contributed by atoms with Crippen molar-refractivity contribution in [2.45, 2.75) is 51.4 Å². The first-order valence-corrected chi connectivity index (χ1v) is 7.29. The van der Waals surface area contributed by atoms with E-state index >= 15 is 0 Å². The van der Waals surface area contributed by atoms with E-state index in [9.17, 15) is 13.2 Å². The fourth-order valence-corrected chi connectivity index (χ4v) is 2.28. The van der Waals surface area contributed by atoms with Crippen molar-refractivity contribution < 1.29 is 17.9 Å². The summed E-state index contributed by atoms with van der Waals surface area (Å²) in [7, 11) is 1.67. The summed E-state index contributed by atoms with van der Waals surface area (Å²) in [4.78, 5) is 0. The number of halogens is 3. The summed E-state index contributed by atoms with van der Waals surface area (Å²) in [5.74, 6) is 0. The highest BCUT2D eigenvalue weighted by Gasteiger charge is 2.30. The van der Waals surface area contributed by atoms with Crippen LogP contribution in [0.2, 0.25) is 0 Å². The van der Waals surface area contributed by atoms with Crippen LogP contribution >= 0.6 is 0 Å². The summed E-state index contributed by atoms with van der Waals surface area (Å²) < 4.78 is 43.4. The fourth-order valence-electron chi connectivity index (χ4n) is 2.28. The van der Waals surface area contributed by atoms with Crippen LogP contribution in [0.4, 0.5) is 13.2 Å². The van der Waals surface area contributed by atoms with Gasteiger partial charge in [0, 0.05) is 13.2 Å². The molecule has 0 aliphatic rings.